The van der Waals surface area contributed by atoms with Gasteiger partial charge in [-0.1, -0.05) is 6.07 Å². The number of hydrogen-bond acceptors (Lipinski definition) is 6. The number of rotatable bonds is 5. The first kappa shape index (κ1) is 17.1. The number of amides is 1. The zero-order chi connectivity index (χ0) is 17.9. The number of pyridine rings is 1. The Morgan fingerprint density at radius 1 is 1.20 bits per heavy atom. The van der Waals surface area contributed by atoms with E-state index in [9.17, 15) is 13.2 Å². The van der Waals surface area contributed by atoms with E-state index in [0.717, 1.165) is 17.5 Å². The summed E-state index contributed by atoms with van der Waals surface area (Å²) in [6, 6.07) is 9.93. The largest absolute Gasteiger partial charge is 0.298 e. The van der Waals surface area contributed by atoms with Crippen LogP contribution in [0.1, 0.15) is 10.4 Å². The van der Waals surface area contributed by atoms with E-state index >= 15 is 0 Å². The van der Waals surface area contributed by atoms with Gasteiger partial charge in [-0.25, -0.2) is 13.4 Å². The molecule has 0 unspecified atom stereocenters. The molecule has 0 fully saturated rings. The average molecular weight is 374 g/mol. The van der Waals surface area contributed by atoms with E-state index in [-0.39, 0.29) is 5.91 Å². The molecule has 0 atom stereocenters. The van der Waals surface area contributed by atoms with Gasteiger partial charge in [0, 0.05) is 34.6 Å². The fourth-order valence-electron chi connectivity index (χ4n) is 2.09. The van der Waals surface area contributed by atoms with Crippen LogP contribution in [0.15, 0.2) is 54.2 Å². The quantitative estimate of drug-likeness (QED) is 0.715. The standard InChI is InChI=1S/C16H14N4O3S2/c1-25(22,23)20-13-6-2-4-11(8-13)15(21)19-16-18-14(10-24-16)12-5-3-7-17-9-12/h2-10,20H,1H3,(H,18,19,21). The number of anilines is 2. The number of sulfonamides is 1. The van der Waals surface area contributed by atoms with Gasteiger partial charge in [0.05, 0.1) is 11.9 Å². The lowest BCUT2D eigenvalue weighted by molar-refractivity contribution is 0.102. The van der Waals surface area contributed by atoms with Crippen LogP contribution in [0, 0.1) is 0 Å². The maximum Gasteiger partial charge on any atom is 0.257 e. The molecule has 0 saturated carbocycles. The van der Waals surface area contributed by atoms with E-state index < -0.39 is 10.0 Å². The minimum absolute atomic E-state index is 0.324. The second-order valence-corrected chi connectivity index (χ2v) is 7.80. The van der Waals surface area contributed by atoms with Crippen LogP contribution in [0.4, 0.5) is 10.8 Å². The Labute approximate surface area is 148 Å². The maximum absolute atomic E-state index is 12.3. The summed E-state index contributed by atoms with van der Waals surface area (Å²) in [4.78, 5) is 20.7. The summed E-state index contributed by atoms with van der Waals surface area (Å²) in [5, 5.41) is 4.99. The van der Waals surface area contributed by atoms with Crippen LogP contribution in [-0.4, -0.2) is 30.5 Å². The molecule has 7 nitrogen and oxygen atoms in total. The topological polar surface area (TPSA) is 101 Å². The van der Waals surface area contributed by atoms with Crippen LogP contribution in [0.2, 0.25) is 0 Å². The second-order valence-electron chi connectivity index (χ2n) is 5.19. The molecule has 1 amide bonds. The predicted octanol–water partition coefficient (Wildman–Crippen LogP) is 2.83. The van der Waals surface area contributed by atoms with Gasteiger partial charge in [-0.3, -0.25) is 19.8 Å². The van der Waals surface area contributed by atoms with E-state index in [2.05, 4.69) is 20.0 Å². The molecule has 0 aliphatic rings. The highest BCUT2D eigenvalue weighted by Gasteiger charge is 2.11. The molecule has 0 aliphatic heterocycles. The van der Waals surface area contributed by atoms with Crippen molar-refractivity contribution in [1.82, 2.24) is 9.97 Å². The van der Waals surface area contributed by atoms with Crippen molar-refractivity contribution in [3.05, 3.63) is 59.7 Å². The number of thiazole rings is 1. The number of carbonyl (C=O) groups is 1. The smallest absolute Gasteiger partial charge is 0.257 e. The third-order valence-electron chi connectivity index (χ3n) is 3.11. The number of benzene rings is 1. The first-order valence-corrected chi connectivity index (χ1v) is 9.93. The van der Waals surface area contributed by atoms with E-state index in [1.54, 1.807) is 30.6 Å². The molecule has 0 saturated heterocycles. The number of aromatic nitrogens is 2. The lowest BCUT2D eigenvalue weighted by atomic mass is 10.2. The third-order valence-corrected chi connectivity index (χ3v) is 4.47. The van der Waals surface area contributed by atoms with Crippen molar-refractivity contribution in [2.45, 2.75) is 0 Å². The fraction of sp³-hybridized carbons (Fsp3) is 0.0625. The van der Waals surface area contributed by atoms with Crippen molar-refractivity contribution in [1.29, 1.82) is 0 Å². The summed E-state index contributed by atoms with van der Waals surface area (Å²) in [7, 11) is -3.40. The highest BCUT2D eigenvalue weighted by Crippen LogP contribution is 2.24. The number of hydrogen-bond donors (Lipinski definition) is 2. The highest BCUT2D eigenvalue weighted by atomic mass is 32.2. The van der Waals surface area contributed by atoms with Crippen molar-refractivity contribution in [2.24, 2.45) is 0 Å². The normalized spacial score (nSPS) is 11.1. The lowest BCUT2D eigenvalue weighted by Gasteiger charge is -2.06. The summed E-state index contributed by atoms with van der Waals surface area (Å²) in [5.41, 5.74) is 2.23. The maximum atomic E-state index is 12.3. The average Bonchev–Trinajstić information content (AvgIpc) is 3.03. The van der Waals surface area contributed by atoms with E-state index in [1.807, 2.05) is 17.5 Å². The third kappa shape index (κ3) is 4.61. The van der Waals surface area contributed by atoms with Gasteiger partial charge in [-0.15, -0.1) is 11.3 Å². The van der Waals surface area contributed by atoms with Crippen LogP contribution in [0.25, 0.3) is 11.3 Å². The first-order chi connectivity index (χ1) is 11.9. The van der Waals surface area contributed by atoms with Crippen LogP contribution in [0.3, 0.4) is 0 Å². The fourth-order valence-corrected chi connectivity index (χ4v) is 3.36. The number of nitrogens with one attached hydrogen (secondary N) is 2. The number of nitrogens with zero attached hydrogens (tertiary/aromatic N) is 2. The second kappa shape index (κ2) is 6.99. The summed E-state index contributed by atoms with van der Waals surface area (Å²) < 4.78 is 24.9. The molecule has 25 heavy (non-hydrogen) atoms. The molecule has 3 rings (SSSR count). The van der Waals surface area contributed by atoms with Gasteiger partial charge in [0.25, 0.3) is 5.91 Å². The van der Waals surface area contributed by atoms with Gasteiger partial charge >= 0.3 is 0 Å². The van der Waals surface area contributed by atoms with Gasteiger partial charge in [0.15, 0.2) is 5.13 Å². The Morgan fingerprint density at radius 2 is 2.04 bits per heavy atom. The highest BCUT2D eigenvalue weighted by molar-refractivity contribution is 7.92. The SMILES string of the molecule is CS(=O)(=O)Nc1cccc(C(=O)Nc2nc(-c3cccnc3)cs2)c1. The van der Waals surface area contributed by atoms with E-state index in [0.29, 0.717) is 16.4 Å². The first-order valence-electron chi connectivity index (χ1n) is 7.16. The Hall–Kier alpha value is -2.78. The Balaban J connectivity index is 1.75. The molecule has 3 aromatic rings. The van der Waals surface area contributed by atoms with Crippen LogP contribution >= 0.6 is 11.3 Å². The lowest BCUT2D eigenvalue weighted by Crippen LogP contribution is -2.13. The van der Waals surface area contributed by atoms with Gasteiger partial charge in [0.2, 0.25) is 10.0 Å². The van der Waals surface area contributed by atoms with Crippen molar-refractivity contribution in [3.8, 4) is 11.3 Å². The van der Waals surface area contributed by atoms with Gasteiger partial charge in [-0.05, 0) is 30.3 Å². The van der Waals surface area contributed by atoms with Crippen LogP contribution in [-0.2, 0) is 10.0 Å². The minimum atomic E-state index is -3.40. The zero-order valence-electron chi connectivity index (χ0n) is 13.1. The molecular formula is C16H14N4O3S2. The molecule has 2 aromatic heterocycles. The molecule has 0 spiro atoms. The Bertz CT molecular complexity index is 1000. The van der Waals surface area contributed by atoms with E-state index in [1.165, 1.54) is 17.4 Å². The van der Waals surface area contributed by atoms with Crippen molar-refractivity contribution in [3.63, 3.8) is 0 Å². The van der Waals surface area contributed by atoms with Crippen molar-refractivity contribution < 1.29 is 13.2 Å². The molecule has 0 radical (unpaired) electrons. The summed E-state index contributed by atoms with van der Waals surface area (Å²) in [6.07, 6.45) is 4.42. The zero-order valence-corrected chi connectivity index (χ0v) is 14.8. The van der Waals surface area contributed by atoms with Crippen molar-refractivity contribution in [2.75, 3.05) is 16.3 Å². The molecule has 128 valence electrons. The molecule has 9 heteroatoms. The van der Waals surface area contributed by atoms with Gasteiger partial charge < -0.3 is 0 Å². The molecule has 2 N–H and O–H groups in total. The molecule has 1 aromatic carbocycles. The predicted molar refractivity (Wildman–Crippen MR) is 98.2 cm³/mol. The molecule has 2 heterocycles. The van der Waals surface area contributed by atoms with Crippen molar-refractivity contribution >= 4 is 38.1 Å². The summed E-state index contributed by atoms with van der Waals surface area (Å²) in [6.45, 7) is 0. The molecule has 0 bridgehead atoms. The Morgan fingerprint density at radius 3 is 2.76 bits per heavy atom. The van der Waals surface area contributed by atoms with Gasteiger partial charge in [0.1, 0.15) is 0 Å². The monoisotopic (exact) mass is 374 g/mol. The van der Waals surface area contributed by atoms with Gasteiger partial charge in [-0.2, -0.15) is 0 Å². The van der Waals surface area contributed by atoms with Crippen LogP contribution < -0.4 is 10.0 Å². The summed E-state index contributed by atoms with van der Waals surface area (Å²) >= 11 is 1.30. The molecular weight excluding hydrogens is 360 g/mol. The molecule has 0 aliphatic carbocycles. The minimum Gasteiger partial charge on any atom is -0.298 e. The summed E-state index contributed by atoms with van der Waals surface area (Å²) in [5.74, 6) is -0.371. The number of carbonyl (C=O) groups excluding carboxylic acids is 1. The van der Waals surface area contributed by atoms with E-state index in [4.69, 9.17) is 0 Å². The van der Waals surface area contributed by atoms with Crippen LogP contribution in [0.5, 0.6) is 0 Å². The Kier molecular flexibility index (Phi) is 4.77.